The van der Waals surface area contributed by atoms with Gasteiger partial charge >= 0.3 is 0 Å². The number of likely N-dealkylation sites (N-methyl/N-ethyl adjacent to an activating group) is 1. The molecule has 18 heavy (non-hydrogen) atoms. The van der Waals surface area contributed by atoms with Crippen LogP contribution < -0.4 is 10.1 Å². The van der Waals surface area contributed by atoms with Gasteiger partial charge in [-0.15, -0.1) is 0 Å². The first-order valence-electron chi connectivity index (χ1n) is 6.32. The van der Waals surface area contributed by atoms with Gasteiger partial charge in [-0.1, -0.05) is 6.92 Å². The molecule has 0 aliphatic rings. The van der Waals surface area contributed by atoms with Crippen LogP contribution in [-0.4, -0.2) is 47.7 Å². The van der Waals surface area contributed by atoms with Gasteiger partial charge in [0.15, 0.2) is 0 Å². The summed E-state index contributed by atoms with van der Waals surface area (Å²) in [5.74, 6) is 1.32. The number of ether oxygens (including phenoxy) is 1. The van der Waals surface area contributed by atoms with Crippen molar-refractivity contribution >= 4 is 5.82 Å². The molecule has 102 valence electrons. The second-order valence-electron chi connectivity index (χ2n) is 5.16. The average Bonchev–Trinajstić information content (AvgIpc) is 2.34. The number of aromatic nitrogens is 2. The molecule has 0 spiro atoms. The maximum Gasteiger partial charge on any atom is 0.234 e. The Morgan fingerprint density at radius 1 is 1.33 bits per heavy atom. The molecule has 1 aromatic heterocycles. The van der Waals surface area contributed by atoms with Gasteiger partial charge < -0.3 is 15.0 Å². The fourth-order valence-corrected chi connectivity index (χ4v) is 1.14. The smallest absolute Gasteiger partial charge is 0.234 e. The first-order valence-corrected chi connectivity index (χ1v) is 6.32. The Labute approximate surface area is 110 Å². The maximum atomic E-state index is 5.70. The number of nitrogens with one attached hydrogen (secondary N) is 1. The van der Waals surface area contributed by atoms with Crippen molar-refractivity contribution in [1.29, 1.82) is 0 Å². The summed E-state index contributed by atoms with van der Waals surface area (Å²) in [5.41, 5.74) is -0.0332. The summed E-state index contributed by atoms with van der Waals surface area (Å²) in [6.45, 7) is 7.83. The van der Waals surface area contributed by atoms with E-state index in [1.165, 1.54) is 0 Å². The fourth-order valence-electron chi connectivity index (χ4n) is 1.14. The molecule has 0 aromatic carbocycles. The van der Waals surface area contributed by atoms with Crippen LogP contribution in [0.25, 0.3) is 0 Å². The van der Waals surface area contributed by atoms with Gasteiger partial charge in [0.2, 0.25) is 5.88 Å². The molecule has 1 N–H and O–H groups in total. The van der Waals surface area contributed by atoms with Gasteiger partial charge in [0.1, 0.15) is 12.4 Å². The van der Waals surface area contributed by atoms with E-state index in [0.717, 1.165) is 18.8 Å². The Morgan fingerprint density at radius 2 is 2.06 bits per heavy atom. The van der Waals surface area contributed by atoms with Crippen molar-refractivity contribution < 1.29 is 4.74 Å². The molecule has 0 bridgehead atoms. The molecule has 0 atom stereocenters. The number of nitrogens with zero attached hydrogens (tertiary/aromatic N) is 3. The van der Waals surface area contributed by atoms with Crippen LogP contribution in [0, 0.1) is 0 Å². The lowest BCUT2D eigenvalue weighted by Crippen LogP contribution is -2.43. The molecule has 0 aliphatic carbocycles. The highest BCUT2D eigenvalue weighted by atomic mass is 16.5. The first-order chi connectivity index (χ1) is 8.45. The van der Waals surface area contributed by atoms with Gasteiger partial charge in [0, 0.05) is 12.1 Å². The van der Waals surface area contributed by atoms with E-state index in [4.69, 9.17) is 4.74 Å². The van der Waals surface area contributed by atoms with E-state index >= 15 is 0 Å². The van der Waals surface area contributed by atoms with Gasteiger partial charge in [-0.25, -0.2) is 0 Å². The summed E-state index contributed by atoms with van der Waals surface area (Å²) < 4.78 is 5.70. The van der Waals surface area contributed by atoms with Gasteiger partial charge in [-0.3, -0.25) is 4.98 Å². The lowest BCUT2D eigenvalue weighted by Gasteiger charge is -2.31. The van der Waals surface area contributed by atoms with E-state index in [1.54, 1.807) is 12.4 Å². The topological polar surface area (TPSA) is 50.3 Å². The Hall–Kier alpha value is -1.36. The molecular weight excluding hydrogens is 228 g/mol. The van der Waals surface area contributed by atoms with Crippen LogP contribution in [0.4, 0.5) is 5.82 Å². The minimum Gasteiger partial charge on any atom is -0.475 e. The lowest BCUT2D eigenvalue weighted by atomic mass is 10.1. The molecule has 1 aromatic rings. The Bertz CT molecular complexity index is 366. The minimum atomic E-state index is -0.0332. The standard InChI is InChI=1S/C13H24N4O/c1-6-7-15-11-8-14-9-12(16-11)18-10-13(2,3)17(4)5/h8-9H,6-7,10H2,1-5H3,(H,15,16). The molecule has 0 saturated heterocycles. The Balaban J connectivity index is 2.57. The van der Waals surface area contributed by atoms with E-state index in [9.17, 15) is 0 Å². The van der Waals surface area contributed by atoms with E-state index in [2.05, 4.69) is 41.0 Å². The number of rotatable bonds is 7. The van der Waals surface area contributed by atoms with Crippen molar-refractivity contribution in [3.63, 3.8) is 0 Å². The van der Waals surface area contributed by atoms with Crippen LogP contribution in [0.15, 0.2) is 12.4 Å². The summed E-state index contributed by atoms with van der Waals surface area (Å²) in [7, 11) is 4.07. The summed E-state index contributed by atoms with van der Waals surface area (Å²) >= 11 is 0. The van der Waals surface area contributed by atoms with Crippen LogP contribution in [0.3, 0.4) is 0 Å². The maximum absolute atomic E-state index is 5.70. The quantitative estimate of drug-likeness (QED) is 0.804. The van der Waals surface area contributed by atoms with Crippen LogP contribution in [-0.2, 0) is 0 Å². The van der Waals surface area contributed by atoms with Gasteiger partial charge in [0.05, 0.1) is 12.4 Å². The highest BCUT2D eigenvalue weighted by Crippen LogP contribution is 2.14. The van der Waals surface area contributed by atoms with Crippen LogP contribution in [0.5, 0.6) is 5.88 Å². The van der Waals surface area contributed by atoms with Crippen LogP contribution in [0.2, 0.25) is 0 Å². The number of hydrogen-bond acceptors (Lipinski definition) is 5. The van der Waals surface area contributed by atoms with E-state index in [0.29, 0.717) is 12.5 Å². The predicted octanol–water partition coefficient (Wildman–Crippen LogP) is 2.02. The van der Waals surface area contributed by atoms with Crippen LogP contribution in [0.1, 0.15) is 27.2 Å². The third-order valence-electron chi connectivity index (χ3n) is 2.95. The zero-order valence-corrected chi connectivity index (χ0v) is 12.0. The summed E-state index contributed by atoms with van der Waals surface area (Å²) in [6, 6.07) is 0. The zero-order chi connectivity index (χ0) is 13.6. The molecule has 0 fully saturated rings. The third-order valence-corrected chi connectivity index (χ3v) is 2.95. The minimum absolute atomic E-state index is 0.0332. The second-order valence-corrected chi connectivity index (χ2v) is 5.16. The van der Waals surface area contributed by atoms with Crippen LogP contribution >= 0.6 is 0 Å². The van der Waals surface area contributed by atoms with E-state index in [1.807, 2.05) is 14.1 Å². The highest BCUT2D eigenvalue weighted by Gasteiger charge is 2.21. The number of anilines is 1. The summed E-state index contributed by atoms with van der Waals surface area (Å²) in [6.07, 6.45) is 4.41. The normalized spacial score (nSPS) is 11.7. The molecule has 0 amide bonds. The monoisotopic (exact) mass is 252 g/mol. The molecule has 0 radical (unpaired) electrons. The van der Waals surface area contributed by atoms with Crippen molar-refractivity contribution in [3.8, 4) is 5.88 Å². The molecule has 5 heteroatoms. The lowest BCUT2D eigenvalue weighted by molar-refractivity contribution is 0.111. The molecule has 5 nitrogen and oxygen atoms in total. The molecule has 1 rings (SSSR count). The third kappa shape index (κ3) is 4.49. The van der Waals surface area contributed by atoms with Crippen molar-refractivity contribution in [2.45, 2.75) is 32.7 Å². The van der Waals surface area contributed by atoms with Gasteiger partial charge in [-0.2, -0.15) is 4.98 Å². The predicted molar refractivity (Wildman–Crippen MR) is 74.1 cm³/mol. The second kappa shape index (κ2) is 6.54. The largest absolute Gasteiger partial charge is 0.475 e. The van der Waals surface area contributed by atoms with Gasteiger partial charge in [0.25, 0.3) is 0 Å². The first kappa shape index (κ1) is 14.7. The van der Waals surface area contributed by atoms with E-state index in [-0.39, 0.29) is 5.54 Å². The molecular formula is C13H24N4O. The average molecular weight is 252 g/mol. The number of hydrogen-bond donors (Lipinski definition) is 1. The Morgan fingerprint density at radius 3 is 2.67 bits per heavy atom. The summed E-state index contributed by atoms with van der Waals surface area (Å²) in [4.78, 5) is 10.6. The molecule has 0 aliphatic heterocycles. The fraction of sp³-hybridized carbons (Fsp3) is 0.692. The highest BCUT2D eigenvalue weighted by molar-refractivity contribution is 5.32. The van der Waals surface area contributed by atoms with Crippen molar-refractivity contribution in [2.24, 2.45) is 0 Å². The van der Waals surface area contributed by atoms with Gasteiger partial charge in [-0.05, 0) is 34.4 Å². The molecule has 1 heterocycles. The van der Waals surface area contributed by atoms with Crippen molar-refractivity contribution in [2.75, 3.05) is 32.6 Å². The summed E-state index contributed by atoms with van der Waals surface area (Å²) in [5, 5.41) is 3.19. The van der Waals surface area contributed by atoms with Crippen molar-refractivity contribution in [3.05, 3.63) is 12.4 Å². The zero-order valence-electron chi connectivity index (χ0n) is 12.0. The Kier molecular flexibility index (Phi) is 5.34. The molecule has 0 unspecified atom stereocenters. The van der Waals surface area contributed by atoms with Crippen molar-refractivity contribution in [1.82, 2.24) is 14.9 Å². The SMILES string of the molecule is CCCNc1cncc(OCC(C)(C)N(C)C)n1. The van der Waals surface area contributed by atoms with E-state index < -0.39 is 0 Å². The molecule has 0 saturated carbocycles.